The average molecular weight is 360 g/mol. The van der Waals surface area contributed by atoms with Crippen LogP contribution in [0.1, 0.15) is 0 Å². The summed E-state index contributed by atoms with van der Waals surface area (Å²) in [5.74, 6) is 2.26. The van der Waals surface area contributed by atoms with Crippen molar-refractivity contribution in [1.82, 2.24) is 24.5 Å². The molecule has 4 rings (SSSR count). The predicted molar refractivity (Wildman–Crippen MR) is 105 cm³/mol. The number of para-hydroxylation sites is 1. The molecule has 0 saturated carbocycles. The van der Waals surface area contributed by atoms with E-state index in [2.05, 4.69) is 15.0 Å². The number of nitrogens with zero attached hydrogens (tertiary/aromatic N) is 6. The van der Waals surface area contributed by atoms with E-state index in [1.54, 1.807) is 18.7 Å². The molecule has 0 aliphatic rings. The Bertz CT molecular complexity index is 1030. The molecule has 0 saturated heterocycles. The normalized spacial score (nSPS) is 10.9. The van der Waals surface area contributed by atoms with Gasteiger partial charge in [-0.3, -0.25) is 4.98 Å². The summed E-state index contributed by atoms with van der Waals surface area (Å²) < 4.78 is 7.71. The number of anilines is 1. The topological polar surface area (TPSA) is 69.0 Å². The summed E-state index contributed by atoms with van der Waals surface area (Å²) in [6.07, 6.45) is 5.25. The Morgan fingerprint density at radius 2 is 1.93 bits per heavy atom. The molecule has 0 atom stereocenters. The van der Waals surface area contributed by atoms with E-state index in [-0.39, 0.29) is 0 Å². The molecule has 27 heavy (non-hydrogen) atoms. The number of likely N-dealkylation sites (N-methyl/N-ethyl adjacent to an activating group) is 1. The van der Waals surface area contributed by atoms with E-state index in [1.807, 2.05) is 66.0 Å². The smallest absolute Gasteiger partial charge is 0.165 e. The van der Waals surface area contributed by atoms with E-state index < -0.39 is 0 Å². The zero-order valence-electron chi connectivity index (χ0n) is 15.3. The molecule has 4 aromatic rings. The minimum Gasteiger partial charge on any atom is -0.492 e. The van der Waals surface area contributed by atoms with Crippen molar-refractivity contribution in [3.63, 3.8) is 0 Å². The number of rotatable bonds is 6. The quantitative estimate of drug-likeness (QED) is 0.527. The van der Waals surface area contributed by atoms with Crippen molar-refractivity contribution < 1.29 is 4.74 Å². The second kappa shape index (κ2) is 7.41. The molecule has 0 aliphatic heterocycles. The van der Waals surface area contributed by atoms with E-state index in [4.69, 9.17) is 9.72 Å². The number of pyridine rings is 1. The maximum Gasteiger partial charge on any atom is 0.165 e. The minimum absolute atomic E-state index is 0.543. The van der Waals surface area contributed by atoms with E-state index in [0.29, 0.717) is 19.0 Å². The number of aryl methyl sites for hydroxylation is 1. The molecule has 0 unspecified atom stereocenters. The first kappa shape index (κ1) is 17.0. The maximum absolute atomic E-state index is 5.81. The summed E-state index contributed by atoms with van der Waals surface area (Å²) in [4.78, 5) is 20.1. The fraction of sp³-hybridized carbons (Fsp3) is 0.200. The molecule has 136 valence electrons. The van der Waals surface area contributed by atoms with Gasteiger partial charge in [0.15, 0.2) is 22.8 Å². The summed E-state index contributed by atoms with van der Waals surface area (Å²) in [5, 5.41) is 0. The van der Waals surface area contributed by atoms with Gasteiger partial charge in [0.05, 0.1) is 12.9 Å². The second-order valence-electron chi connectivity index (χ2n) is 6.22. The lowest BCUT2D eigenvalue weighted by Crippen LogP contribution is -2.25. The van der Waals surface area contributed by atoms with Gasteiger partial charge in [-0.1, -0.05) is 18.2 Å². The Morgan fingerprint density at radius 3 is 2.70 bits per heavy atom. The molecule has 7 nitrogen and oxygen atoms in total. The highest BCUT2D eigenvalue weighted by Gasteiger charge is 2.16. The largest absolute Gasteiger partial charge is 0.492 e. The van der Waals surface area contributed by atoms with Gasteiger partial charge in [-0.15, -0.1) is 0 Å². The highest BCUT2D eigenvalue weighted by atomic mass is 16.5. The van der Waals surface area contributed by atoms with Crippen LogP contribution < -0.4 is 9.64 Å². The van der Waals surface area contributed by atoms with Gasteiger partial charge in [0.2, 0.25) is 0 Å². The first-order valence-corrected chi connectivity index (χ1v) is 8.71. The highest BCUT2D eigenvalue weighted by Crippen LogP contribution is 2.25. The van der Waals surface area contributed by atoms with Gasteiger partial charge in [0.1, 0.15) is 12.4 Å². The summed E-state index contributed by atoms with van der Waals surface area (Å²) in [6.45, 7) is 1.21. The molecule has 0 radical (unpaired) electrons. The number of hydrogen-bond acceptors (Lipinski definition) is 6. The van der Waals surface area contributed by atoms with Crippen molar-refractivity contribution >= 4 is 17.0 Å². The fourth-order valence-corrected chi connectivity index (χ4v) is 2.81. The van der Waals surface area contributed by atoms with Crippen molar-refractivity contribution in [3.8, 4) is 17.1 Å². The molecule has 0 N–H and O–H groups in total. The molecule has 0 bridgehead atoms. The number of fused-ring (bicyclic) bond motifs is 1. The highest BCUT2D eigenvalue weighted by molar-refractivity contribution is 5.85. The molecule has 1 aromatic carbocycles. The first-order chi connectivity index (χ1) is 13.2. The third-order valence-corrected chi connectivity index (χ3v) is 4.26. The standard InChI is InChI=1S/C20H20N6O/c1-25(11-12-27-16-8-4-3-5-9-16)19-17-20(26(2)14-22-17)24-18(23-19)15-7-6-10-21-13-15/h3-10,13-14H,11-12H2,1-2H3. The molecule has 0 amide bonds. The van der Waals surface area contributed by atoms with E-state index in [9.17, 15) is 0 Å². The van der Waals surface area contributed by atoms with Crippen molar-refractivity contribution in [3.05, 3.63) is 61.2 Å². The molecule has 0 aliphatic carbocycles. The van der Waals surface area contributed by atoms with Gasteiger partial charge in [0.25, 0.3) is 0 Å². The monoisotopic (exact) mass is 360 g/mol. The number of benzene rings is 1. The number of hydrogen-bond donors (Lipinski definition) is 0. The van der Waals surface area contributed by atoms with Gasteiger partial charge in [0, 0.05) is 32.1 Å². The molecule has 0 fully saturated rings. The molecule has 3 aromatic heterocycles. The Labute approximate surface area is 157 Å². The predicted octanol–water partition coefficient (Wildman–Crippen LogP) is 2.94. The first-order valence-electron chi connectivity index (χ1n) is 8.71. The number of imidazole rings is 1. The van der Waals surface area contributed by atoms with Crippen LogP contribution in [0.5, 0.6) is 5.75 Å². The van der Waals surface area contributed by atoms with Gasteiger partial charge in [-0.05, 0) is 24.3 Å². The molecule has 7 heteroatoms. The summed E-state index contributed by atoms with van der Waals surface area (Å²) in [5.41, 5.74) is 2.43. The van der Waals surface area contributed by atoms with Crippen LogP contribution in [0.4, 0.5) is 5.82 Å². The van der Waals surface area contributed by atoms with E-state index >= 15 is 0 Å². The fourth-order valence-electron chi connectivity index (χ4n) is 2.81. The van der Waals surface area contributed by atoms with Crippen LogP contribution in [-0.2, 0) is 7.05 Å². The van der Waals surface area contributed by atoms with Gasteiger partial charge in [-0.2, -0.15) is 0 Å². The average Bonchev–Trinajstić information content (AvgIpc) is 3.09. The van der Waals surface area contributed by atoms with Crippen molar-refractivity contribution in [1.29, 1.82) is 0 Å². The zero-order chi connectivity index (χ0) is 18.6. The Kier molecular flexibility index (Phi) is 4.65. The SMILES string of the molecule is CN(CCOc1ccccc1)c1nc(-c2cccnc2)nc2c1ncn2C. The van der Waals surface area contributed by atoms with Gasteiger partial charge >= 0.3 is 0 Å². The van der Waals surface area contributed by atoms with Crippen LogP contribution >= 0.6 is 0 Å². The van der Waals surface area contributed by atoms with Crippen LogP contribution in [0.2, 0.25) is 0 Å². The number of aromatic nitrogens is 5. The Hall–Kier alpha value is -3.48. The Morgan fingerprint density at radius 1 is 1.07 bits per heavy atom. The summed E-state index contributed by atoms with van der Waals surface area (Å²) in [6, 6.07) is 13.6. The maximum atomic E-state index is 5.81. The zero-order valence-corrected chi connectivity index (χ0v) is 15.3. The van der Waals surface area contributed by atoms with Crippen LogP contribution in [0.3, 0.4) is 0 Å². The van der Waals surface area contributed by atoms with E-state index in [1.165, 1.54) is 0 Å². The minimum atomic E-state index is 0.543. The van der Waals surface area contributed by atoms with Crippen molar-refractivity contribution in [2.24, 2.45) is 7.05 Å². The molecular weight excluding hydrogens is 340 g/mol. The van der Waals surface area contributed by atoms with Gasteiger partial charge in [-0.25, -0.2) is 15.0 Å². The van der Waals surface area contributed by atoms with Crippen LogP contribution in [-0.4, -0.2) is 44.7 Å². The summed E-state index contributed by atoms with van der Waals surface area (Å²) >= 11 is 0. The van der Waals surface area contributed by atoms with Crippen LogP contribution in [0.25, 0.3) is 22.6 Å². The van der Waals surface area contributed by atoms with E-state index in [0.717, 1.165) is 28.3 Å². The van der Waals surface area contributed by atoms with Crippen molar-refractivity contribution in [2.75, 3.05) is 25.1 Å². The summed E-state index contributed by atoms with van der Waals surface area (Å²) in [7, 11) is 3.91. The Balaban J connectivity index is 1.61. The van der Waals surface area contributed by atoms with Crippen LogP contribution in [0, 0.1) is 0 Å². The molecule has 0 spiro atoms. The van der Waals surface area contributed by atoms with Crippen LogP contribution in [0.15, 0.2) is 61.2 Å². The van der Waals surface area contributed by atoms with Gasteiger partial charge < -0.3 is 14.2 Å². The third kappa shape index (κ3) is 3.57. The lowest BCUT2D eigenvalue weighted by Gasteiger charge is -2.19. The lowest BCUT2D eigenvalue weighted by molar-refractivity contribution is 0.326. The molecule has 3 heterocycles. The third-order valence-electron chi connectivity index (χ3n) is 4.26. The molecular formula is C20H20N6O. The lowest BCUT2D eigenvalue weighted by atomic mass is 10.2. The second-order valence-corrected chi connectivity index (χ2v) is 6.22. The van der Waals surface area contributed by atoms with Crippen molar-refractivity contribution in [2.45, 2.75) is 0 Å². The number of ether oxygens (including phenoxy) is 1.